The summed E-state index contributed by atoms with van der Waals surface area (Å²) in [5, 5.41) is 9.52. The molecule has 2 aromatic carbocycles. The summed E-state index contributed by atoms with van der Waals surface area (Å²) in [6.45, 7) is 6.73. The van der Waals surface area contributed by atoms with Crippen molar-refractivity contribution in [2.75, 3.05) is 6.54 Å². The second-order valence-corrected chi connectivity index (χ2v) is 4.95. The molecule has 2 aromatic rings. The van der Waals surface area contributed by atoms with Gasteiger partial charge < -0.3 is 10.0 Å². The van der Waals surface area contributed by atoms with Crippen LogP contribution in [0.15, 0.2) is 61.2 Å². The normalized spacial score (nSPS) is 10.1. The van der Waals surface area contributed by atoms with E-state index in [1.54, 1.807) is 29.2 Å². The highest BCUT2D eigenvalue weighted by atomic mass is 16.3. The van der Waals surface area contributed by atoms with E-state index in [1.807, 2.05) is 31.2 Å². The third kappa shape index (κ3) is 3.72. The van der Waals surface area contributed by atoms with E-state index < -0.39 is 0 Å². The summed E-state index contributed by atoms with van der Waals surface area (Å²) in [6, 6.07) is 14.4. The number of amides is 1. The summed E-state index contributed by atoms with van der Waals surface area (Å²) in [7, 11) is 0. The van der Waals surface area contributed by atoms with Gasteiger partial charge in [-0.05, 0) is 36.2 Å². The molecule has 2 rings (SSSR count). The molecule has 0 aliphatic rings. The number of nitrogens with zero attached hydrogens (tertiary/aromatic N) is 1. The van der Waals surface area contributed by atoms with Gasteiger partial charge >= 0.3 is 0 Å². The number of aromatic hydroxyl groups is 1. The van der Waals surface area contributed by atoms with Crippen molar-refractivity contribution in [3.8, 4) is 5.75 Å². The van der Waals surface area contributed by atoms with Gasteiger partial charge in [0.05, 0.1) is 0 Å². The molecule has 1 N–H and O–H groups in total. The van der Waals surface area contributed by atoms with Crippen molar-refractivity contribution < 1.29 is 9.90 Å². The lowest BCUT2D eigenvalue weighted by molar-refractivity contribution is 0.0762. The molecule has 3 heteroatoms. The number of hydrogen-bond donors (Lipinski definition) is 1. The SMILES string of the molecule is C=CCN(Cc1ccccc1C)C(=O)c1cccc(O)c1. The molecular formula is C18H19NO2. The van der Waals surface area contributed by atoms with Crippen LogP contribution in [-0.4, -0.2) is 22.5 Å². The standard InChI is InChI=1S/C18H19NO2/c1-3-11-19(13-16-8-5-4-7-14(16)2)18(21)15-9-6-10-17(20)12-15/h3-10,12,20H,1,11,13H2,2H3. The Morgan fingerprint density at radius 1 is 1.24 bits per heavy atom. The van der Waals surface area contributed by atoms with Gasteiger partial charge in [-0.3, -0.25) is 4.79 Å². The van der Waals surface area contributed by atoms with Crippen LogP contribution in [0.3, 0.4) is 0 Å². The Morgan fingerprint density at radius 3 is 2.67 bits per heavy atom. The Balaban J connectivity index is 2.24. The van der Waals surface area contributed by atoms with E-state index in [-0.39, 0.29) is 11.7 Å². The second-order valence-electron chi connectivity index (χ2n) is 4.95. The lowest BCUT2D eigenvalue weighted by Gasteiger charge is -2.22. The Kier molecular flexibility index (Phi) is 4.77. The number of rotatable bonds is 5. The number of hydrogen-bond acceptors (Lipinski definition) is 2. The van der Waals surface area contributed by atoms with E-state index in [1.165, 1.54) is 6.07 Å². The minimum Gasteiger partial charge on any atom is -0.508 e. The van der Waals surface area contributed by atoms with Crippen molar-refractivity contribution in [2.24, 2.45) is 0 Å². The van der Waals surface area contributed by atoms with Crippen LogP contribution in [0, 0.1) is 6.92 Å². The maximum Gasteiger partial charge on any atom is 0.254 e. The van der Waals surface area contributed by atoms with Crippen molar-refractivity contribution >= 4 is 5.91 Å². The molecule has 0 saturated heterocycles. The van der Waals surface area contributed by atoms with Crippen LogP contribution >= 0.6 is 0 Å². The molecule has 0 aromatic heterocycles. The molecule has 0 bridgehead atoms. The van der Waals surface area contributed by atoms with Crippen molar-refractivity contribution in [2.45, 2.75) is 13.5 Å². The fourth-order valence-corrected chi connectivity index (χ4v) is 2.19. The number of phenolic OH excluding ortho intramolecular Hbond substituents is 1. The smallest absolute Gasteiger partial charge is 0.254 e. The van der Waals surface area contributed by atoms with Gasteiger partial charge in [-0.1, -0.05) is 36.4 Å². The summed E-state index contributed by atoms with van der Waals surface area (Å²) >= 11 is 0. The maximum atomic E-state index is 12.6. The van der Waals surface area contributed by atoms with Crippen LogP contribution in [0.2, 0.25) is 0 Å². The molecular weight excluding hydrogens is 262 g/mol. The van der Waals surface area contributed by atoms with E-state index in [0.29, 0.717) is 18.7 Å². The van der Waals surface area contributed by atoms with E-state index in [0.717, 1.165) is 11.1 Å². The van der Waals surface area contributed by atoms with Gasteiger partial charge in [0.1, 0.15) is 5.75 Å². The third-order valence-corrected chi connectivity index (χ3v) is 3.35. The minimum absolute atomic E-state index is 0.0929. The molecule has 0 aliphatic carbocycles. The lowest BCUT2D eigenvalue weighted by Crippen LogP contribution is -2.30. The zero-order valence-corrected chi connectivity index (χ0v) is 12.1. The molecule has 0 saturated carbocycles. The quantitative estimate of drug-likeness (QED) is 0.852. The molecule has 0 radical (unpaired) electrons. The summed E-state index contributed by atoms with van der Waals surface area (Å²) in [5.41, 5.74) is 2.73. The van der Waals surface area contributed by atoms with E-state index in [4.69, 9.17) is 0 Å². The first-order chi connectivity index (χ1) is 10.1. The molecule has 0 spiro atoms. The first-order valence-corrected chi connectivity index (χ1v) is 6.85. The maximum absolute atomic E-state index is 12.6. The first-order valence-electron chi connectivity index (χ1n) is 6.85. The average molecular weight is 281 g/mol. The topological polar surface area (TPSA) is 40.5 Å². The predicted octanol–water partition coefficient (Wildman–Crippen LogP) is 3.53. The van der Waals surface area contributed by atoms with Crippen molar-refractivity contribution in [3.63, 3.8) is 0 Å². The molecule has 0 aliphatic heterocycles. The van der Waals surface area contributed by atoms with Gasteiger partial charge in [0.15, 0.2) is 0 Å². The summed E-state index contributed by atoms with van der Waals surface area (Å²) in [6.07, 6.45) is 1.71. The van der Waals surface area contributed by atoms with Crippen LogP contribution < -0.4 is 0 Å². The number of benzene rings is 2. The number of carbonyl (C=O) groups is 1. The minimum atomic E-state index is -0.117. The second kappa shape index (κ2) is 6.75. The highest BCUT2D eigenvalue weighted by Gasteiger charge is 2.16. The van der Waals surface area contributed by atoms with Gasteiger partial charge in [0, 0.05) is 18.7 Å². The molecule has 3 nitrogen and oxygen atoms in total. The van der Waals surface area contributed by atoms with Crippen LogP contribution in [0.1, 0.15) is 21.5 Å². The Labute approximate surface area is 125 Å². The monoisotopic (exact) mass is 281 g/mol. The van der Waals surface area contributed by atoms with Gasteiger partial charge in [0.25, 0.3) is 5.91 Å². The number of carbonyl (C=O) groups excluding carboxylic acids is 1. The van der Waals surface area contributed by atoms with Crippen LogP contribution in [0.4, 0.5) is 0 Å². The molecule has 0 atom stereocenters. The zero-order valence-electron chi connectivity index (χ0n) is 12.1. The van der Waals surface area contributed by atoms with Gasteiger partial charge in [-0.2, -0.15) is 0 Å². The molecule has 108 valence electrons. The zero-order chi connectivity index (χ0) is 15.2. The van der Waals surface area contributed by atoms with Crippen molar-refractivity contribution in [1.29, 1.82) is 0 Å². The van der Waals surface area contributed by atoms with E-state index >= 15 is 0 Å². The average Bonchev–Trinajstić information content (AvgIpc) is 2.48. The Morgan fingerprint density at radius 2 is 2.00 bits per heavy atom. The lowest BCUT2D eigenvalue weighted by atomic mass is 10.1. The molecule has 0 fully saturated rings. The predicted molar refractivity (Wildman–Crippen MR) is 84.2 cm³/mol. The van der Waals surface area contributed by atoms with Crippen molar-refractivity contribution in [1.82, 2.24) is 4.90 Å². The fourth-order valence-electron chi connectivity index (χ4n) is 2.19. The summed E-state index contributed by atoms with van der Waals surface area (Å²) < 4.78 is 0. The van der Waals surface area contributed by atoms with Gasteiger partial charge in [-0.25, -0.2) is 0 Å². The van der Waals surface area contributed by atoms with Gasteiger partial charge in [0.2, 0.25) is 0 Å². The Hall–Kier alpha value is -2.55. The van der Waals surface area contributed by atoms with Crippen LogP contribution in [0.5, 0.6) is 5.75 Å². The number of phenols is 1. The molecule has 0 heterocycles. The highest BCUT2D eigenvalue weighted by molar-refractivity contribution is 5.94. The van der Waals surface area contributed by atoms with Crippen molar-refractivity contribution in [3.05, 3.63) is 77.9 Å². The first kappa shape index (κ1) is 14.9. The van der Waals surface area contributed by atoms with Gasteiger partial charge in [-0.15, -0.1) is 6.58 Å². The summed E-state index contributed by atoms with van der Waals surface area (Å²) in [5.74, 6) is -0.0238. The van der Waals surface area contributed by atoms with Crippen LogP contribution in [-0.2, 0) is 6.54 Å². The van der Waals surface area contributed by atoms with E-state index in [2.05, 4.69) is 6.58 Å². The third-order valence-electron chi connectivity index (χ3n) is 3.35. The summed E-state index contributed by atoms with van der Waals surface area (Å²) in [4.78, 5) is 14.3. The highest BCUT2D eigenvalue weighted by Crippen LogP contribution is 2.16. The van der Waals surface area contributed by atoms with E-state index in [9.17, 15) is 9.90 Å². The van der Waals surface area contributed by atoms with Crippen LogP contribution in [0.25, 0.3) is 0 Å². The fraction of sp³-hybridized carbons (Fsp3) is 0.167. The molecule has 1 amide bonds. The molecule has 0 unspecified atom stereocenters. The largest absolute Gasteiger partial charge is 0.508 e. The number of aryl methyl sites for hydroxylation is 1. The Bertz CT molecular complexity index is 649. The molecule has 21 heavy (non-hydrogen) atoms.